The molecule has 0 spiro atoms. The third-order valence-corrected chi connectivity index (χ3v) is 9.26. The Hall–Kier alpha value is -1.54. The van der Waals surface area contributed by atoms with Crippen molar-refractivity contribution in [2.24, 2.45) is 0 Å². The summed E-state index contributed by atoms with van der Waals surface area (Å²) in [6.45, 7) is 16.8. The van der Waals surface area contributed by atoms with E-state index in [0.29, 0.717) is 36.3 Å². The highest BCUT2D eigenvalue weighted by Crippen LogP contribution is 2.36. The highest BCUT2D eigenvalue weighted by Gasteiger charge is 2.49. The summed E-state index contributed by atoms with van der Waals surface area (Å²) in [4.78, 5) is 39.2. The average Bonchev–Trinajstić information content (AvgIpc) is 3.41. The van der Waals surface area contributed by atoms with Crippen LogP contribution in [0.1, 0.15) is 67.2 Å². The van der Waals surface area contributed by atoms with Gasteiger partial charge in [0.2, 0.25) is 0 Å². The largest absolute Gasteiger partial charge is 0.325 e. The molecule has 6 atom stereocenters. The first kappa shape index (κ1) is 25.5. The molecule has 0 aliphatic carbocycles. The van der Waals surface area contributed by atoms with E-state index < -0.39 is 0 Å². The van der Waals surface area contributed by atoms with Crippen molar-refractivity contribution in [3.05, 3.63) is 0 Å². The molecular formula is C26H48N6O2. The second-order valence-corrected chi connectivity index (χ2v) is 12.0. The summed E-state index contributed by atoms with van der Waals surface area (Å²) in [5, 5.41) is 0. The number of piperazine rings is 2. The summed E-state index contributed by atoms with van der Waals surface area (Å²) < 4.78 is 0. The zero-order chi connectivity index (χ0) is 24.9. The maximum atomic E-state index is 13.2. The molecule has 0 aromatic heterocycles. The van der Waals surface area contributed by atoms with Crippen LogP contribution in [-0.4, -0.2) is 130 Å². The summed E-state index contributed by atoms with van der Waals surface area (Å²) in [6.07, 6.45) is 4.43. The lowest BCUT2D eigenvalue weighted by Crippen LogP contribution is -2.72. The van der Waals surface area contributed by atoms with Gasteiger partial charge in [0.25, 0.3) is 0 Å². The Balaban J connectivity index is 1.22. The number of carbonyl (C=O) groups excluding carboxylic acids is 2. The molecule has 194 valence electrons. The minimum atomic E-state index is 0.165. The first-order chi connectivity index (χ1) is 16.0. The van der Waals surface area contributed by atoms with Gasteiger partial charge < -0.3 is 19.6 Å². The van der Waals surface area contributed by atoms with Crippen molar-refractivity contribution in [3.63, 3.8) is 0 Å². The summed E-state index contributed by atoms with van der Waals surface area (Å²) in [6, 6.07) is 3.77. The van der Waals surface area contributed by atoms with Crippen LogP contribution in [0.3, 0.4) is 0 Å². The van der Waals surface area contributed by atoms with Crippen LogP contribution in [0.25, 0.3) is 0 Å². The number of nitrogens with zero attached hydrogens (tertiary/aromatic N) is 6. The molecule has 8 heteroatoms. The number of carbonyl (C=O) groups is 2. The van der Waals surface area contributed by atoms with Crippen molar-refractivity contribution in [3.8, 4) is 0 Å². The lowest BCUT2D eigenvalue weighted by molar-refractivity contribution is -0.0845. The molecule has 0 aromatic carbocycles. The molecular weight excluding hydrogens is 428 g/mol. The minimum Gasteiger partial charge on any atom is -0.325 e. The van der Waals surface area contributed by atoms with Gasteiger partial charge in [-0.2, -0.15) is 0 Å². The van der Waals surface area contributed by atoms with Gasteiger partial charge in [-0.3, -0.25) is 9.80 Å². The van der Waals surface area contributed by atoms with E-state index in [-0.39, 0.29) is 24.1 Å². The lowest BCUT2D eigenvalue weighted by Gasteiger charge is -2.59. The summed E-state index contributed by atoms with van der Waals surface area (Å²) >= 11 is 0. The monoisotopic (exact) mass is 476 g/mol. The van der Waals surface area contributed by atoms with Crippen LogP contribution >= 0.6 is 0 Å². The predicted octanol–water partition coefficient (Wildman–Crippen LogP) is 2.98. The molecule has 4 amide bonds. The fraction of sp³-hybridized carbons (Fsp3) is 0.923. The van der Waals surface area contributed by atoms with E-state index in [1.807, 2.05) is 28.8 Å². The lowest BCUT2D eigenvalue weighted by atomic mass is 9.84. The standard InChI is InChI=1S/C26H48N6O2/c1-17(2)27(7)25(33)29-13-23-12-24(14-29)32(23)20(6)10-9-19(5)28(8)26(34)31-16-21-11-22(31)15-30(21)18(3)4/h17-24H,9-16H2,1-8H3. The number of hydrogen-bond acceptors (Lipinski definition) is 4. The molecule has 5 fully saturated rings. The van der Waals surface area contributed by atoms with E-state index in [1.54, 1.807) is 0 Å². The molecule has 0 saturated carbocycles. The summed E-state index contributed by atoms with van der Waals surface area (Å²) in [5.74, 6) is 0. The molecule has 5 heterocycles. The molecule has 5 rings (SSSR count). The Morgan fingerprint density at radius 3 is 1.91 bits per heavy atom. The average molecular weight is 477 g/mol. The number of piperidine rings is 1. The van der Waals surface area contributed by atoms with Crippen molar-refractivity contribution < 1.29 is 9.59 Å². The van der Waals surface area contributed by atoms with Gasteiger partial charge in [-0.15, -0.1) is 0 Å². The zero-order valence-corrected chi connectivity index (χ0v) is 22.8. The van der Waals surface area contributed by atoms with Crippen LogP contribution in [0, 0.1) is 0 Å². The highest BCUT2D eigenvalue weighted by molar-refractivity contribution is 5.76. The minimum absolute atomic E-state index is 0.165. The molecule has 0 radical (unpaired) electrons. The second-order valence-electron chi connectivity index (χ2n) is 12.0. The number of hydrogen-bond donors (Lipinski definition) is 0. The molecule has 5 aliphatic heterocycles. The molecule has 5 aliphatic rings. The first-order valence-corrected chi connectivity index (χ1v) is 13.6. The van der Waals surface area contributed by atoms with Gasteiger partial charge in [0.1, 0.15) is 0 Å². The third kappa shape index (κ3) is 4.64. The van der Waals surface area contributed by atoms with Gasteiger partial charge >= 0.3 is 12.1 Å². The molecule has 0 aromatic rings. The van der Waals surface area contributed by atoms with Gasteiger partial charge in [0.05, 0.1) is 0 Å². The molecule has 0 N–H and O–H groups in total. The first-order valence-electron chi connectivity index (χ1n) is 13.6. The van der Waals surface area contributed by atoms with Crippen LogP contribution in [0.15, 0.2) is 0 Å². The Morgan fingerprint density at radius 2 is 1.38 bits per heavy atom. The van der Waals surface area contributed by atoms with Gasteiger partial charge in [-0.05, 0) is 67.2 Å². The van der Waals surface area contributed by atoms with Crippen molar-refractivity contribution in [1.82, 2.24) is 29.4 Å². The van der Waals surface area contributed by atoms with Crippen molar-refractivity contribution in [2.45, 2.75) is 116 Å². The summed E-state index contributed by atoms with van der Waals surface area (Å²) in [7, 11) is 3.89. The van der Waals surface area contributed by atoms with Gasteiger partial charge in [-0.1, -0.05) is 0 Å². The quantitative estimate of drug-likeness (QED) is 0.567. The Kier molecular flexibility index (Phi) is 7.40. The number of urea groups is 2. The van der Waals surface area contributed by atoms with Crippen molar-refractivity contribution >= 4 is 12.1 Å². The van der Waals surface area contributed by atoms with Crippen LogP contribution < -0.4 is 0 Å². The topological polar surface area (TPSA) is 53.6 Å². The van der Waals surface area contributed by atoms with Gasteiger partial charge in [0, 0.05) is 88.6 Å². The molecule has 4 bridgehead atoms. The van der Waals surface area contributed by atoms with Crippen LogP contribution in [-0.2, 0) is 0 Å². The maximum Gasteiger partial charge on any atom is 0.320 e. The van der Waals surface area contributed by atoms with Crippen molar-refractivity contribution in [1.29, 1.82) is 0 Å². The van der Waals surface area contributed by atoms with E-state index in [2.05, 4.69) is 56.2 Å². The SMILES string of the molecule is CC(C)N(C)C(=O)N1CC2CC(C1)N2C(C)CCC(C)N(C)C(=O)N1CC2CC1CN2C(C)C. The number of rotatable bonds is 7. The molecule has 8 nitrogen and oxygen atoms in total. The fourth-order valence-corrected chi connectivity index (χ4v) is 6.74. The zero-order valence-electron chi connectivity index (χ0n) is 22.8. The van der Waals surface area contributed by atoms with Crippen LogP contribution in [0.5, 0.6) is 0 Å². The number of likely N-dealkylation sites (tertiary alicyclic amines) is 2. The van der Waals surface area contributed by atoms with E-state index >= 15 is 0 Å². The third-order valence-electron chi connectivity index (χ3n) is 9.26. The van der Waals surface area contributed by atoms with E-state index in [4.69, 9.17) is 0 Å². The van der Waals surface area contributed by atoms with E-state index in [0.717, 1.165) is 45.4 Å². The van der Waals surface area contributed by atoms with E-state index in [1.165, 1.54) is 6.42 Å². The molecule has 34 heavy (non-hydrogen) atoms. The predicted molar refractivity (Wildman–Crippen MR) is 136 cm³/mol. The number of amides is 4. The Labute approximate surface area is 207 Å². The van der Waals surface area contributed by atoms with Crippen LogP contribution in [0.4, 0.5) is 9.59 Å². The van der Waals surface area contributed by atoms with E-state index in [9.17, 15) is 9.59 Å². The Bertz CT molecular complexity index is 748. The van der Waals surface area contributed by atoms with Gasteiger partial charge in [-0.25, -0.2) is 9.59 Å². The second kappa shape index (κ2) is 9.84. The smallest absolute Gasteiger partial charge is 0.320 e. The normalized spacial score (nSPS) is 30.6. The highest BCUT2D eigenvalue weighted by atomic mass is 16.2. The fourth-order valence-electron chi connectivity index (χ4n) is 6.74. The number of fused-ring (bicyclic) bond motifs is 4. The van der Waals surface area contributed by atoms with Gasteiger partial charge in [0.15, 0.2) is 0 Å². The molecule has 6 unspecified atom stereocenters. The van der Waals surface area contributed by atoms with Crippen molar-refractivity contribution in [2.75, 3.05) is 40.3 Å². The maximum absolute atomic E-state index is 13.2. The summed E-state index contributed by atoms with van der Waals surface area (Å²) in [5.41, 5.74) is 0. The molecule has 5 saturated heterocycles. The Morgan fingerprint density at radius 1 is 0.765 bits per heavy atom. The van der Waals surface area contributed by atoms with Crippen LogP contribution in [0.2, 0.25) is 0 Å².